The van der Waals surface area contributed by atoms with Gasteiger partial charge in [-0.15, -0.1) is 0 Å². The number of carbonyl (C=O) groups excluding carboxylic acids is 1. The van der Waals surface area contributed by atoms with E-state index < -0.39 is 21.7 Å². The third kappa shape index (κ3) is 4.54. The van der Waals surface area contributed by atoms with Crippen molar-refractivity contribution in [2.45, 2.75) is 102 Å². The van der Waals surface area contributed by atoms with E-state index in [1.54, 1.807) is 13.8 Å². The van der Waals surface area contributed by atoms with E-state index in [1.165, 1.54) is 5.56 Å². The van der Waals surface area contributed by atoms with Crippen molar-refractivity contribution in [3.8, 4) is 0 Å². The van der Waals surface area contributed by atoms with Crippen LogP contribution in [0.15, 0.2) is 17.0 Å². The average Bonchev–Trinajstić information content (AvgIpc) is 2.94. The number of rotatable bonds is 6. The van der Waals surface area contributed by atoms with Crippen molar-refractivity contribution in [3.05, 3.63) is 28.8 Å². The summed E-state index contributed by atoms with van der Waals surface area (Å²) in [5, 5.41) is 9.97. The largest absolute Gasteiger partial charge is 0.390 e. The van der Waals surface area contributed by atoms with Crippen molar-refractivity contribution in [1.29, 1.82) is 0 Å². The summed E-state index contributed by atoms with van der Waals surface area (Å²) < 4.78 is 13.8. The van der Waals surface area contributed by atoms with Crippen LogP contribution >= 0.6 is 0 Å². The van der Waals surface area contributed by atoms with Gasteiger partial charge < -0.3 is 5.11 Å². The number of aliphatic hydroxyl groups is 1. The monoisotopic (exact) mass is 392 g/mol. The molecule has 0 heterocycles. The molecule has 0 radical (unpaired) electrons. The first-order chi connectivity index (χ1) is 12.4. The third-order valence-corrected chi connectivity index (χ3v) is 7.73. The molecule has 3 nitrogen and oxygen atoms in total. The predicted molar refractivity (Wildman–Crippen MR) is 113 cm³/mol. The maximum absolute atomic E-state index is 13.8. The van der Waals surface area contributed by atoms with Crippen LogP contribution < -0.4 is 0 Å². The smallest absolute Gasteiger partial charge is 0.149 e. The van der Waals surface area contributed by atoms with E-state index >= 15 is 0 Å². The van der Waals surface area contributed by atoms with Crippen molar-refractivity contribution in [3.63, 3.8) is 0 Å². The molecule has 1 aromatic carbocycles. The normalized spacial score (nSPS) is 22.3. The first-order valence-electron chi connectivity index (χ1n) is 10.2. The van der Waals surface area contributed by atoms with Gasteiger partial charge in [0.15, 0.2) is 0 Å². The number of Topliss-reactive ketones (excluding diaryl/α,β-unsaturated/α-hetero) is 1. The fourth-order valence-corrected chi connectivity index (χ4v) is 6.49. The van der Waals surface area contributed by atoms with Crippen LogP contribution in [0.1, 0.15) is 103 Å². The van der Waals surface area contributed by atoms with Gasteiger partial charge in [0.05, 0.1) is 16.4 Å². The van der Waals surface area contributed by atoms with Gasteiger partial charge in [-0.3, -0.25) is 9.00 Å². The number of benzene rings is 1. The Bertz CT molecular complexity index is 697. The van der Waals surface area contributed by atoms with Gasteiger partial charge in [-0.2, -0.15) is 0 Å². The fraction of sp³-hybridized carbons (Fsp3) is 0.696. The van der Waals surface area contributed by atoms with Crippen LogP contribution in [0.2, 0.25) is 0 Å². The van der Waals surface area contributed by atoms with E-state index in [0.717, 1.165) is 16.0 Å². The predicted octanol–water partition coefficient (Wildman–Crippen LogP) is 5.28. The van der Waals surface area contributed by atoms with Gasteiger partial charge in [-0.05, 0) is 54.7 Å². The summed E-state index contributed by atoms with van der Waals surface area (Å²) in [4.78, 5) is 13.5. The Balaban J connectivity index is 2.68. The lowest BCUT2D eigenvalue weighted by molar-refractivity contribution is -0.117. The minimum Gasteiger partial charge on any atom is -0.390 e. The minimum absolute atomic E-state index is 0.0257. The van der Waals surface area contributed by atoms with E-state index in [4.69, 9.17) is 0 Å². The molecular weight excluding hydrogens is 356 g/mol. The molecule has 0 saturated heterocycles. The molecule has 2 rings (SSSR count). The number of hydrogen-bond acceptors (Lipinski definition) is 3. The van der Waals surface area contributed by atoms with Gasteiger partial charge >= 0.3 is 0 Å². The molecule has 0 bridgehead atoms. The first kappa shape index (κ1) is 22.3. The zero-order chi connectivity index (χ0) is 20.7. The highest BCUT2D eigenvalue weighted by Crippen LogP contribution is 2.41. The van der Waals surface area contributed by atoms with E-state index in [-0.39, 0.29) is 23.5 Å². The Labute approximate surface area is 167 Å². The standard InChI is InChI=1S/C23H36O3S/c1-13(2)16-11-17(14(3)4)21(18(12-16)15(5)6)27(26)22-19(23(7,8)25)9-10-20(22)24/h11-15,19,22,25H,9-10H2,1-8H3/t19-,22+,27-/m0/s1. The van der Waals surface area contributed by atoms with Gasteiger partial charge in [0.1, 0.15) is 11.0 Å². The summed E-state index contributed by atoms with van der Waals surface area (Å²) in [6, 6.07) is 4.35. The Kier molecular flexibility index (Phi) is 6.74. The number of ketones is 1. The van der Waals surface area contributed by atoms with E-state index in [2.05, 4.69) is 53.7 Å². The van der Waals surface area contributed by atoms with E-state index in [0.29, 0.717) is 18.8 Å². The fourth-order valence-electron chi connectivity index (χ4n) is 4.06. The lowest BCUT2D eigenvalue weighted by atomic mass is 9.89. The van der Waals surface area contributed by atoms with Crippen molar-refractivity contribution in [2.75, 3.05) is 0 Å². The van der Waals surface area contributed by atoms with Gasteiger partial charge in [0.2, 0.25) is 0 Å². The highest BCUT2D eigenvalue weighted by atomic mass is 32.2. The van der Waals surface area contributed by atoms with Gasteiger partial charge in [0, 0.05) is 17.2 Å². The molecule has 1 fully saturated rings. The molecule has 27 heavy (non-hydrogen) atoms. The summed E-state index contributed by atoms with van der Waals surface area (Å²) in [7, 11) is -1.46. The number of carbonyl (C=O) groups is 1. The molecule has 3 atom stereocenters. The highest BCUT2D eigenvalue weighted by molar-refractivity contribution is 7.86. The highest BCUT2D eigenvalue weighted by Gasteiger charge is 2.47. The van der Waals surface area contributed by atoms with E-state index in [1.807, 2.05) is 0 Å². The summed E-state index contributed by atoms with van der Waals surface area (Å²) in [5.74, 6) is 0.586. The SMILES string of the molecule is CC(C)c1cc(C(C)C)c([S@](=O)[C@H]2C(=O)CC[C@@H]2C(C)(C)O)c(C(C)C)c1. The van der Waals surface area contributed by atoms with Gasteiger partial charge in [-0.25, -0.2) is 0 Å². The molecular formula is C23H36O3S. The Hall–Kier alpha value is -1.00. The Morgan fingerprint density at radius 3 is 1.85 bits per heavy atom. The lowest BCUT2D eigenvalue weighted by Gasteiger charge is -2.31. The second-order valence-electron chi connectivity index (χ2n) is 9.48. The minimum atomic E-state index is -1.46. The van der Waals surface area contributed by atoms with Crippen molar-refractivity contribution < 1.29 is 14.1 Å². The molecule has 1 aliphatic rings. The first-order valence-corrected chi connectivity index (χ1v) is 11.4. The average molecular weight is 393 g/mol. The summed E-state index contributed by atoms with van der Waals surface area (Å²) in [5.41, 5.74) is 2.40. The van der Waals surface area contributed by atoms with Crippen molar-refractivity contribution in [1.82, 2.24) is 0 Å². The van der Waals surface area contributed by atoms with Gasteiger partial charge in [0.25, 0.3) is 0 Å². The zero-order valence-electron chi connectivity index (χ0n) is 18.1. The van der Waals surface area contributed by atoms with Crippen LogP contribution in [-0.4, -0.2) is 25.9 Å². The van der Waals surface area contributed by atoms with Crippen LogP contribution in [0.5, 0.6) is 0 Å². The molecule has 0 amide bonds. The van der Waals surface area contributed by atoms with Crippen molar-refractivity contribution >= 4 is 16.6 Å². The summed E-state index contributed by atoms with van der Waals surface area (Å²) in [6.07, 6.45) is 1.01. The summed E-state index contributed by atoms with van der Waals surface area (Å²) in [6.45, 7) is 16.3. The van der Waals surface area contributed by atoms with Gasteiger partial charge in [-0.1, -0.05) is 53.7 Å². The molecule has 1 saturated carbocycles. The Morgan fingerprint density at radius 2 is 1.48 bits per heavy atom. The molecule has 0 aliphatic heterocycles. The lowest BCUT2D eigenvalue weighted by Crippen LogP contribution is -2.41. The molecule has 0 spiro atoms. The van der Waals surface area contributed by atoms with E-state index in [9.17, 15) is 14.1 Å². The maximum Gasteiger partial charge on any atom is 0.149 e. The molecule has 0 aromatic heterocycles. The second-order valence-corrected chi connectivity index (χ2v) is 11.0. The maximum atomic E-state index is 13.8. The molecule has 0 unspecified atom stereocenters. The summed E-state index contributed by atoms with van der Waals surface area (Å²) >= 11 is 0. The Morgan fingerprint density at radius 1 is 1.00 bits per heavy atom. The molecule has 1 aliphatic carbocycles. The number of hydrogen-bond donors (Lipinski definition) is 1. The molecule has 1 aromatic rings. The van der Waals surface area contributed by atoms with Crippen molar-refractivity contribution in [2.24, 2.45) is 5.92 Å². The topological polar surface area (TPSA) is 54.4 Å². The third-order valence-electron chi connectivity index (χ3n) is 5.80. The molecule has 1 N–H and O–H groups in total. The van der Waals surface area contributed by atoms with Crippen LogP contribution in [0.4, 0.5) is 0 Å². The zero-order valence-corrected chi connectivity index (χ0v) is 18.9. The van der Waals surface area contributed by atoms with Crippen LogP contribution in [0.3, 0.4) is 0 Å². The van der Waals surface area contributed by atoms with Crippen LogP contribution in [0, 0.1) is 5.92 Å². The van der Waals surface area contributed by atoms with Crippen LogP contribution in [0.25, 0.3) is 0 Å². The second kappa shape index (κ2) is 8.16. The van der Waals surface area contributed by atoms with Crippen LogP contribution in [-0.2, 0) is 15.6 Å². The molecule has 152 valence electrons. The molecule has 4 heteroatoms. The quantitative estimate of drug-likeness (QED) is 0.716.